The molecule has 10 atom stereocenters. The topological polar surface area (TPSA) is 179 Å². The minimum absolute atomic E-state index is 0.108. The zero-order valence-corrected chi connectivity index (χ0v) is 30.6. The van der Waals surface area contributed by atoms with Crippen LogP contribution in [0.3, 0.4) is 0 Å². The molecule has 2 aliphatic rings. The van der Waals surface area contributed by atoms with Crippen molar-refractivity contribution in [2.45, 2.75) is 82.2 Å². The molecule has 2 fully saturated rings. The molecule has 0 spiro atoms. The molecule has 0 bridgehead atoms. The van der Waals surface area contributed by atoms with E-state index in [-0.39, 0.29) is 22.3 Å². The lowest BCUT2D eigenvalue weighted by atomic mass is 9.96. The maximum Gasteiger partial charge on any atom is 0.338 e. The van der Waals surface area contributed by atoms with Crippen molar-refractivity contribution in [1.82, 2.24) is 0 Å². The number of hydrogen-bond acceptors (Lipinski definition) is 14. The van der Waals surface area contributed by atoms with E-state index in [0.29, 0.717) is 0 Å². The molecular formula is C42H40O14. The quantitative estimate of drug-likeness (QED) is 0.164. The first-order chi connectivity index (χ1) is 27.0. The number of aliphatic hydroxyl groups excluding tert-OH is 1. The Balaban J connectivity index is 1.38. The highest BCUT2D eigenvalue weighted by atomic mass is 16.8. The van der Waals surface area contributed by atoms with Gasteiger partial charge in [0, 0.05) is 6.92 Å². The van der Waals surface area contributed by atoms with Crippen LogP contribution in [0.2, 0.25) is 0 Å². The highest BCUT2D eigenvalue weighted by molar-refractivity contribution is 5.91. The van der Waals surface area contributed by atoms with Gasteiger partial charge in [-0.2, -0.15) is 0 Å². The van der Waals surface area contributed by atoms with Crippen LogP contribution in [0.4, 0.5) is 0 Å². The van der Waals surface area contributed by atoms with E-state index in [2.05, 4.69) is 0 Å². The van der Waals surface area contributed by atoms with Gasteiger partial charge in [0.25, 0.3) is 0 Å². The molecule has 0 saturated carbocycles. The monoisotopic (exact) mass is 768 g/mol. The van der Waals surface area contributed by atoms with E-state index in [0.717, 1.165) is 6.92 Å². The maximum absolute atomic E-state index is 13.7. The van der Waals surface area contributed by atoms with E-state index >= 15 is 0 Å². The summed E-state index contributed by atoms with van der Waals surface area (Å²) in [5.41, 5.74) is 0.618. The van der Waals surface area contributed by atoms with Crippen molar-refractivity contribution in [3.8, 4) is 0 Å². The highest BCUT2D eigenvalue weighted by Gasteiger charge is 2.56. The van der Waals surface area contributed by atoms with Gasteiger partial charge in [-0.15, -0.1) is 0 Å². The minimum atomic E-state index is -1.82. The minimum Gasteiger partial charge on any atom is -0.455 e. The van der Waals surface area contributed by atoms with Crippen LogP contribution < -0.4 is 0 Å². The van der Waals surface area contributed by atoms with Crippen molar-refractivity contribution < 1.29 is 67.0 Å². The number of esters is 5. The summed E-state index contributed by atoms with van der Waals surface area (Å²) in [6, 6.07) is 32.0. The summed E-state index contributed by atoms with van der Waals surface area (Å²) in [6.07, 6.45) is -14.8. The molecule has 56 heavy (non-hydrogen) atoms. The Kier molecular flexibility index (Phi) is 12.9. The molecule has 2 saturated heterocycles. The normalized spacial score (nSPS) is 27.2. The van der Waals surface area contributed by atoms with Gasteiger partial charge in [0.1, 0.15) is 0 Å². The van der Waals surface area contributed by atoms with Crippen molar-refractivity contribution in [1.29, 1.82) is 0 Å². The molecule has 0 aromatic heterocycles. The summed E-state index contributed by atoms with van der Waals surface area (Å²) in [5.74, 6) is -4.12. The fourth-order valence-corrected chi connectivity index (χ4v) is 6.35. The van der Waals surface area contributed by atoms with Crippen molar-refractivity contribution in [2.75, 3.05) is 0 Å². The molecule has 14 nitrogen and oxygen atoms in total. The second-order valence-electron chi connectivity index (χ2n) is 13.1. The van der Waals surface area contributed by atoms with E-state index in [9.17, 15) is 29.1 Å². The summed E-state index contributed by atoms with van der Waals surface area (Å²) in [5, 5.41) is 11.3. The average Bonchev–Trinajstić information content (AvgIpc) is 3.21. The molecule has 292 valence electrons. The van der Waals surface area contributed by atoms with E-state index in [1.807, 2.05) is 0 Å². The van der Waals surface area contributed by atoms with E-state index in [4.69, 9.17) is 37.9 Å². The lowest BCUT2D eigenvalue weighted by molar-refractivity contribution is -0.354. The molecule has 4 aromatic rings. The molecule has 2 aliphatic heterocycles. The third kappa shape index (κ3) is 9.47. The van der Waals surface area contributed by atoms with Gasteiger partial charge >= 0.3 is 29.8 Å². The summed E-state index contributed by atoms with van der Waals surface area (Å²) < 4.78 is 47.6. The molecule has 0 amide bonds. The van der Waals surface area contributed by atoms with Gasteiger partial charge in [-0.1, -0.05) is 72.8 Å². The fraction of sp³-hybridized carbons (Fsp3) is 0.310. The molecule has 0 aliphatic carbocycles. The molecule has 0 radical (unpaired) electrons. The second kappa shape index (κ2) is 18.1. The Morgan fingerprint density at radius 2 is 0.768 bits per heavy atom. The van der Waals surface area contributed by atoms with Crippen LogP contribution >= 0.6 is 0 Å². The fourth-order valence-electron chi connectivity index (χ4n) is 6.35. The third-order valence-electron chi connectivity index (χ3n) is 9.08. The highest BCUT2D eigenvalue weighted by Crippen LogP contribution is 2.35. The number of rotatable bonds is 11. The van der Waals surface area contributed by atoms with E-state index < -0.39 is 91.3 Å². The number of ether oxygens (including phenoxy) is 8. The van der Waals surface area contributed by atoms with Crippen LogP contribution in [0.15, 0.2) is 121 Å². The SMILES string of the molecule is CC(=O)O[C@@H]1[C@@H](OC(=O)c2ccccc2)[C@H](C)O[C@@H](O)[C@@H]1O[C@@H]1O[C@@H](C)[C@H](OC(=O)c2ccccc2)[C@@H](OC(=O)c2ccccc2)[C@H]1OC(=O)c1ccccc1. The molecule has 0 unspecified atom stereocenters. The van der Waals surface area contributed by atoms with Gasteiger partial charge in [0.2, 0.25) is 0 Å². The average molecular weight is 769 g/mol. The zero-order valence-electron chi connectivity index (χ0n) is 30.6. The largest absolute Gasteiger partial charge is 0.455 e. The van der Waals surface area contributed by atoms with Crippen LogP contribution in [0.5, 0.6) is 0 Å². The predicted octanol–water partition coefficient (Wildman–Crippen LogP) is 4.69. The first-order valence-corrected chi connectivity index (χ1v) is 17.9. The molecule has 1 N–H and O–H groups in total. The summed E-state index contributed by atoms with van der Waals surface area (Å²) >= 11 is 0. The van der Waals surface area contributed by atoms with Crippen LogP contribution in [-0.2, 0) is 42.7 Å². The lowest BCUT2D eigenvalue weighted by Crippen LogP contribution is -2.65. The van der Waals surface area contributed by atoms with Gasteiger partial charge in [0.15, 0.2) is 49.2 Å². The summed E-state index contributed by atoms with van der Waals surface area (Å²) in [6.45, 7) is 4.14. The Morgan fingerprint density at radius 3 is 1.14 bits per heavy atom. The van der Waals surface area contributed by atoms with Crippen LogP contribution in [0.25, 0.3) is 0 Å². The predicted molar refractivity (Wildman–Crippen MR) is 194 cm³/mol. The molecular weight excluding hydrogens is 728 g/mol. The van der Waals surface area contributed by atoms with Crippen LogP contribution in [-0.4, -0.2) is 96.4 Å². The number of aliphatic hydroxyl groups is 1. The van der Waals surface area contributed by atoms with Gasteiger partial charge in [-0.25, -0.2) is 19.2 Å². The number of benzene rings is 4. The lowest BCUT2D eigenvalue weighted by Gasteiger charge is -2.47. The summed E-state index contributed by atoms with van der Waals surface area (Å²) in [4.78, 5) is 66.6. The Bertz CT molecular complexity index is 1960. The van der Waals surface area contributed by atoms with Crippen LogP contribution in [0, 0.1) is 0 Å². The van der Waals surface area contributed by atoms with Crippen molar-refractivity contribution >= 4 is 29.8 Å². The summed E-state index contributed by atoms with van der Waals surface area (Å²) in [7, 11) is 0. The molecule has 2 heterocycles. The van der Waals surface area contributed by atoms with Crippen molar-refractivity contribution in [3.63, 3.8) is 0 Å². The standard InChI is InChI=1S/C42H40O14/c1-24-31(52-37(44)27-16-8-4-9-17-27)33(51-26(3)43)35(41(48)49-24)56-42-36(55-40(47)30-22-14-7-15-23-30)34(54-39(46)29-20-12-6-13-21-29)32(25(2)50-42)53-38(45)28-18-10-5-11-19-28/h4-25,31-36,41-42,48H,1-3H3/t24-,25-,31-,32-,33+,34+,35+,36+,41+,42-/m0/s1. The smallest absolute Gasteiger partial charge is 0.338 e. The number of hydrogen-bond donors (Lipinski definition) is 1. The zero-order chi connectivity index (χ0) is 39.8. The van der Waals surface area contributed by atoms with E-state index in [1.54, 1.807) is 72.8 Å². The Morgan fingerprint density at radius 1 is 0.446 bits per heavy atom. The van der Waals surface area contributed by atoms with Gasteiger partial charge < -0.3 is 43.0 Å². The maximum atomic E-state index is 13.7. The van der Waals surface area contributed by atoms with Gasteiger partial charge in [-0.05, 0) is 62.4 Å². The van der Waals surface area contributed by atoms with E-state index in [1.165, 1.54) is 62.4 Å². The van der Waals surface area contributed by atoms with Crippen LogP contribution in [0.1, 0.15) is 62.2 Å². The molecule has 6 rings (SSSR count). The first-order valence-electron chi connectivity index (χ1n) is 17.9. The second-order valence-corrected chi connectivity index (χ2v) is 13.1. The number of carbonyl (C=O) groups is 5. The molecule has 14 heteroatoms. The van der Waals surface area contributed by atoms with Crippen molar-refractivity contribution in [2.24, 2.45) is 0 Å². The van der Waals surface area contributed by atoms with Gasteiger partial charge in [0.05, 0.1) is 34.5 Å². The first kappa shape index (κ1) is 39.8. The Labute approximate surface area is 322 Å². The third-order valence-corrected chi connectivity index (χ3v) is 9.08. The van der Waals surface area contributed by atoms with Crippen molar-refractivity contribution in [3.05, 3.63) is 144 Å². The number of carbonyl (C=O) groups excluding carboxylic acids is 5. The van der Waals surface area contributed by atoms with Gasteiger partial charge in [-0.3, -0.25) is 4.79 Å². The molecule has 4 aromatic carbocycles. The Hall–Kier alpha value is -5.93.